The van der Waals surface area contributed by atoms with Gasteiger partial charge in [-0.2, -0.15) is 5.26 Å². The summed E-state index contributed by atoms with van der Waals surface area (Å²) >= 11 is 0. The molecule has 0 unspecified atom stereocenters. The van der Waals surface area contributed by atoms with Crippen molar-refractivity contribution in [1.82, 2.24) is 9.97 Å². The average Bonchev–Trinajstić information content (AvgIpc) is 3.25. The second kappa shape index (κ2) is 9.88. The summed E-state index contributed by atoms with van der Waals surface area (Å²) in [4.78, 5) is 7.84. The van der Waals surface area contributed by atoms with Crippen molar-refractivity contribution in [3.63, 3.8) is 0 Å². The molecule has 5 heteroatoms. The van der Waals surface area contributed by atoms with Crippen LogP contribution in [0.5, 0.6) is 11.5 Å². The van der Waals surface area contributed by atoms with Gasteiger partial charge in [0.2, 0.25) is 0 Å². The Kier molecular flexibility index (Phi) is 6.56. The molecule has 4 aromatic rings. The fourth-order valence-electron chi connectivity index (χ4n) is 3.69. The van der Waals surface area contributed by atoms with Gasteiger partial charge in [0.25, 0.3) is 0 Å². The molecule has 1 heterocycles. The van der Waals surface area contributed by atoms with Gasteiger partial charge < -0.3 is 14.5 Å². The van der Waals surface area contributed by atoms with Crippen molar-refractivity contribution < 1.29 is 9.47 Å². The first-order chi connectivity index (χ1) is 16.1. The average molecular weight is 436 g/mol. The highest BCUT2D eigenvalue weighted by atomic mass is 16.5. The smallest absolute Gasteiger partial charge is 0.165 e. The van der Waals surface area contributed by atoms with Crippen LogP contribution in [0, 0.1) is 18.3 Å². The van der Waals surface area contributed by atoms with Crippen LogP contribution in [0.1, 0.15) is 28.1 Å². The summed E-state index contributed by atoms with van der Waals surface area (Å²) in [5, 5.41) is 9.83. The van der Waals surface area contributed by atoms with Gasteiger partial charge >= 0.3 is 0 Å². The van der Waals surface area contributed by atoms with Crippen LogP contribution < -0.4 is 9.47 Å². The maximum absolute atomic E-state index is 9.83. The molecule has 0 aliphatic heterocycles. The number of methoxy groups -OCH3 is 1. The first-order valence-electron chi connectivity index (χ1n) is 10.7. The van der Waals surface area contributed by atoms with Crippen molar-refractivity contribution in [2.75, 3.05) is 7.11 Å². The Balaban J connectivity index is 1.71. The number of allylic oxidation sites excluding steroid dienone is 2. The highest BCUT2D eigenvalue weighted by Crippen LogP contribution is 2.35. The van der Waals surface area contributed by atoms with Gasteiger partial charge in [-0.1, -0.05) is 42.5 Å². The van der Waals surface area contributed by atoms with Crippen molar-refractivity contribution >= 4 is 22.7 Å². The van der Waals surface area contributed by atoms with E-state index in [0.29, 0.717) is 35.9 Å². The zero-order valence-electron chi connectivity index (χ0n) is 18.8. The van der Waals surface area contributed by atoms with E-state index >= 15 is 0 Å². The molecule has 164 valence electrons. The van der Waals surface area contributed by atoms with Crippen LogP contribution in [-0.2, 0) is 13.0 Å². The van der Waals surface area contributed by atoms with E-state index < -0.39 is 0 Å². The third-order valence-electron chi connectivity index (χ3n) is 5.29. The van der Waals surface area contributed by atoms with Crippen LogP contribution in [0.25, 0.3) is 22.7 Å². The third-order valence-corrected chi connectivity index (χ3v) is 5.29. The molecular weight excluding hydrogens is 410 g/mol. The Bertz CT molecular complexity index is 1360. The van der Waals surface area contributed by atoms with E-state index in [-0.39, 0.29) is 0 Å². The largest absolute Gasteiger partial charge is 0.493 e. The second-order valence-electron chi connectivity index (χ2n) is 7.75. The van der Waals surface area contributed by atoms with Crippen LogP contribution in [0.2, 0.25) is 0 Å². The number of rotatable bonds is 8. The number of nitrogens with one attached hydrogen (secondary N) is 1. The molecule has 0 spiro atoms. The van der Waals surface area contributed by atoms with E-state index in [2.05, 4.69) is 22.6 Å². The second-order valence-corrected chi connectivity index (χ2v) is 7.75. The molecule has 3 aromatic carbocycles. The number of hydrogen-bond donors (Lipinski definition) is 1. The van der Waals surface area contributed by atoms with Crippen molar-refractivity contribution in [3.8, 4) is 17.6 Å². The number of aromatic amines is 1. The molecule has 0 saturated heterocycles. The molecule has 0 saturated carbocycles. The normalized spacial score (nSPS) is 11.2. The Hall–Kier alpha value is -4.30. The third kappa shape index (κ3) is 4.97. The molecule has 33 heavy (non-hydrogen) atoms. The molecule has 1 N–H and O–H groups in total. The lowest BCUT2D eigenvalue weighted by molar-refractivity contribution is 0.282. The fourth-order valence-corrected chi connectivity index (χ4v) is 3.69. The van der Waals surface area contributed by atoms with E-state index in [1.165, 1.54) is 0 Å². The molecule has 0 aliphatic carbocycles. The van der Waals surface area contributed by atoms with Gasteiger partial charge in [0, 0.05) is 5.56 Å². The molecule has 5 nitrogen and oxygen atoms in total. The van der Waals surface area contributed by atoms with Gasteiger partial charge in [0.1, 0.15) is 18.5 Å². The molecule has 0 fully saturated rings. The first kappa shape index (κ1) is 21.9. The number of fused-ring (bicyclic) bond motifs is 1. The van der Waals surface area contributed by atoms with Gasteiger partial charge in [-0.05, 0) is 60.4 Å². The van der Waals surface area contributed by atoms with Crippen LogP contribution in [-0.4, -0.2) is 17.1 Å². The lowest BCUT2D eigenvalue weighted by atomic mass is 10.0. The van der Waals surface area contributed by atoms with Gasteiger partial charge in [-0.25, -0.2) is 4.98 Å². The number of benzene rings is 3. The molecule has 0 radical (unpaired) electrons. The number of H-pyrrole nitrogens is 1. The minimum Gasteiger partial charge on any atom is -0.493 e. The van der Waals surface area contributed by atoms with E-state index in [1.54, 1.807) is 13.2 Å². The Labute approximate surface area is 193 Å². The zero-order valence-corrected chi connectivity index (χ0v) is 18.8. The quantitative estimate of drug-likeness (QED) is 0.262. The predicted octanol–water partition coefficient (Wildman–Crippen LogP) is 6.25. The van der Waals surface area contributed by atoms with E-state index in [4.69, 9.17) is 9.47 Å². The monoisotopic (exact) mass is 435 g/mol. The maximum atomic E-state index is 9.83. The van der Waals surface area contributed by atoms with Crippen molar-refractivity contribution in [3.05, 3.63) is 101 Å². The minimum absolute atomic E-state index is 0.429. The summed E-state index contributed by atoms with van der Waals surface area (Å²) in [6.45, 7) is 6.33. The molecular formula is C28H25N3O2. The van der Waals surface area contributed by atoms with Crippen LogP contribution >= 0.6 is 0 Å². The number of nitrogens with zero attached hydrogens (tertiary/aromatic N) is 2. The molecule has 0 amide bonds. The molecule has 4 rings (SSSR count). The number of hydrogen-bond acceptors (Lipinski definition) is 4. The van der Waals surface area contributed by atoms with Crippen molar-refractivity contribution in [1.29, 1.82) is 5.26 Å². The number of aryl methyl sites for hydroxylation is 1. The first-order valence-corrected chi connectivity index (χ1v) is 10.7. The van der Waals surface area contributed by atoms with Crippen molar-refractivity contribution in [2.45, 2.75) is 20.0 Å². The summed E-state index contributed by atoms with van der Waals surface area (Å²) in [5.74, 6) is 1.82. The number of imidazole rings is 1. The topological polar surface area (TPSA) is 70.9 Å². The van der Waals surface area contributed by atoms with E-state index in [1.807, 2.05) is 73.7 Å². The predicted molar refractivity (Wildman–Crippen MR) is 132 cm³/mol. The summed E-state index contributed by atoms with van der Waals surface area (Å²) < 4.78 is 11.8. The lowest BCUT2D eigenvalue weighted by Crippen LogP contribution is -2.01. The highest BCUT2D eigenvalue weighted by Gasteiger charge is 2.14. The number of aromatic nitrogens is 2. The van der Waals surface area contributed by atoms with Crippen LogP contribution in [0.4, 0.5) is 0 Å². The van der Waals surface area contributed by atoms with Crippen LogP contribution in [0.3, 0.4) is 0 Å². The van der Waals surface area contributed by atoms with E-state index in [9.17, 15) is 5.26 Å². The SMILES string of the molecule is C=CCc1cc(C=C(C#N)c2nc3ccc(C)cc3[nH]2)cc(OC)c1OCc1ccccc1. The molecule has 0 aliphatic rings. The van der Waals surface area contributed by atoms with Gasteiger partial charge in [0.15, 0.2) is 11.5 Å². The Morgan fingerprint density at radius 2 is 1.97 bits per heavy atom. The molecule has 0 atom stereocenters. The lowest BCUT2D eigenvalue weighted by Gasteiger charge is -2.16. The number of ether oxygens (including phenoxy) is 2. The standard InChI is InChI=1S/C28H25N3O2/c1-4-8-22-14-21(16-26(32-3)27(22)33-18-20-9-6-5-7-10-20)15-23(17-29)28-30-24-12-11-19(2)13-25(24)31-28/h4-7,9-16H,1,8,18H2,2-3H3,(H,30,31). The van der Waals surface area contributed by atoms with Crippen molar-refractivity contribution in [2.24, 2.45) is 0 Å². The highest BCUT2D eigenvalue weighted by molar-refractivity contribution is 5.90. The minimum atomic E-state index is 0.429. The fraction of sp³-hybridized carbons (Fsp3) is 0.143. The van der Waals surface area contributed by atoms with Crippen LogP contribution in [0.15, 0.2) is 73.3 Å². The van der Waals surface area contributed by atoms with Gasteiger partial charge in [-0.3, -0.25) is 0 Å². The number of nitriles is 1. The van der Waals surface area contributed by atoms with E-state index in [0.717, 1.165) is 33.3 Å². The maximum Gasteiger partial charge on any atom is 0.165 e. The molecule has 0 bridgehead atoms. The summed E-state index contributed by atoms with van der Waals surface area (Å²) in [7, 11) is 1.61. The van der Waals surface area contributed by atoms with Gasteiger partial charge in [-0.15, -0.1) is 6.58 Å². The molecule has 1 aromatic heterocycles. The summed E-state index contributed by atoms with van der Waals surface area (Å²) in [6.07, 6.45) is 4.24. The summed E-state index contributed by atoms with van der Waals surface area (Å²) in [5.41, 5.74) is 6.12. The summed E-state index contributed by atoms with van der Waals surface area (Å²) in [6, 6.07) is 22.1. The Morgan fingerprint density at radius 3 is 2.70 bits per heavy atom. The Morgan fingerprint density at radius 1 is 1.15 bits per heavy atom. The zero-order chi connectivity index (χ0) is 23.2. The van der Waals surface area contributed by atoms with Gasteiger partial charge in [0.05, 0.1) is 23.7 Å².